The molecule has 26 heavy (non-hydrogen) atoms. The van der Waals surface area contributed by atoms with Crippen LogP contribution in [0.1, 0.15) is 17.3 Å². The first-order valence-corrected chi connectivity index (χ1v) is 7.85. The largest absolute Gasteiger partial charge is 0.454 e. The number of carbonyl (C=O) groups excluding carboxylic acids is 1. The number of benzene rings is 2. The quantitative estimate of drug-likeness (QED) is 0.552. The summed E-state index contributed by atoms with van der Waals surface area (Å²) in [6, 6.07) is 12.0. The first-order valence-electron chi connectivity index (χ1n) is 7.85. The maximum atomic E-state index is 12.1. The SMILES string of the molecule is CC(=O)c1ccc(N=Nc2c(-c3ccc4c(c3)OCO4)[nH][nH]c2=O)cc1. The summed E-state index contributed by atoms with van der Waals surface area (Å²) in [6.45, 7) is 1.67. The first kappa shape index (κ1) is 15.8. The fourth-order valence-electron chi connectivity index (χ4n) is 2.58. The molecule has 0 spiro atoms. The maximum Gasteiger partial charge on any atom is 0.292 e. The molecule has 2 aromatic carbocycles. The van der Waals surface area contributed by atoms with Crippen LogP contribution in [0.15, 0.2) is 57.5 Å². The average molecular weight is 350 g/mol. The summed E-state index contributed by atoms with van der Waals surface area (Å²) < 4.78 is 10.6. The maximum absolute atomic E-state index is 12.1. The number of nitrogens with one attached hydrogen (secondary N) is 2. The van der Waals surface area contributed by atoms with Crippen molar-refractivity contribution in [2.45, 2.75) is 6.92 Å². The van der Waals surface area contributed by atoms with E-state index in [0.29, 0.717) is 34.0 Å². The van der Waals surface area contributed by atoms with Crippen molar-refractivity contribution < 1.29 is 14.3 Å². The summed E-state index contributed by atoms with van der Waals surface area (Å²) in [5, 5.41) is 13.5. The van der Waals surface area contributed by atoms with Crippen molar-refractivity contribution >= 4 is 17.2 Å². The molecule has 1 aromatic heterocycles. The van der Waals surface area contributed by atoms with Crippen LogP contribution in [0.5, 0.6) is 11.5 Å². The summed E-state index contributed by atoms with van der Waals surface area (Å²) in [6.07, 6.45) is 0. The highest BCUT2D eigenvalue weighted by molar-refractivity contribution is 5.94. The number of aromatic nitrogens is 2. The van der Waals surface area contributed by atoms with Crippen LogP contribution in [0.2, 0.25) is 0 Å². The molecule has 1 aliphatic heterocycles. The van der Waals surface area contributed by atoms with Crippen molar-refractivity contribution in [1.82, 2.24) is 10.2 Å². The van der Waals surface area contributed by atoms with Gasteiger partial charge in [-0.2, -0.15) is 5.11 Å². The van der Waals surface area contributed by atoms with Gasteiger partial charge in [0.05, 0.1) is 11.4 Å². The molecule has 0 unspecified atom stereocenters. The number of hydrogen-bond donors (Lipinski definition) is 2. The molecule has 0 saturated carbocycles. The first-order chi connectivity index (χ1) is 12.6. The molecule has 130 valence electrons. The standard InChI is InChI=1S/C18H14N4O4/c1-10(23)11-2-5-13(6-3-11)19-21-17-16(20-22-18(17)24)12-4-7-14-15(8-12)26-9-25-14/h2-8H,9H2,1H3,(H2,20,22,24). The lowest BCUT2D eigenvalue weighted by Gasteiger charge is -2.01. The number of fused-ring (bicyclic) bond motifs is 1. The Kier molecular flexibility index (Phi) is 3.85. The number of Topliss-reactive ketones (excluding diaryl/α,β-unsaturated/α-hetero) is 1. The third-order valence-electron chi connectivity index (χ3n) is 3.95. The Bertz CT molecular complexity index is 1060. The molecule has 0 bridgehead atoms. The zero-order chi connectivity index (χ0) is 18.1. The number of azo groups is 1. The number of H-pyrrole nitrogens is 2. The van der Waals surface area contributed by atoms with Crippen molar-refractivity contribution in [3.63, 3.8) is 0 Å². The van der Waals surface area contributed by atoms with Crippen LogP contribution in [0.4, 0.5) is 11.4 Å². The Morgan fingerprint density at radius 3 is 2.54 bits per heavy atom. The Labute approximate surface area is 147 Å². The van der Waals surface area contributed by atoms with Crippen LogP contribution in [0.25, 0.3) is 11.3 Å². The van der Waals surface area contributed by atoms with E-state index in [9.17, 15) is 9.59 Å². The molecule has 0 amide bonds. The molecule has 0 fully saturated rings. The van der Waals surface area contributed by atoms with Gasteiger partial charge in [0.1, 0.15) is 0 Å². The summed E-state index contributed by atoms with van der Waals surface area (Å²) in [5.41, 5.74) is 2.10. The minimum atomic E-state index is -0.387. The minimum absolute atomic E-state index is 0.0272. The van der Waals surface area contributed by atoms with Crippen LogP contribution in [-0.4, -0.2) is 22.8 Å². The second kappa shape index (κ2) is 6.32. The van der Waals surface area contributed by atoms with E-state index in [0.717, 1.165) is 0 Å². The molecule has 0 atom stereocenters. The van der Waals surface area contributed by atoms with Gasteiger partial charge in [0.15, 0.2) is 23.0 Å². The van der Waals surface area contributed by atoms with Crippen LogP contribution in [0, 0.1) is 0 Å². The van der Waals surface area contributed by atoms with E-state index in [1.54, 1.807) is 42.5 Å². The predicted molar refractivity (Wildman–Crippen MR) is 93.6 cm³/mol. The van der Waals surface area contributed by atoms with Crippen molar-refractivity contribution in [3.05, 3.63) is 58.4 Å². The van der Waals surface area contributed by atoms with Gasteiger partial charge in [-0.3, -0.25) is 19.8 Å². The minimum Gasteiger partial charge on any atom is -0.454 e. The molecular formula is C18H14N4O4. The third kappa shape index (κ3) is 2.88. The van der Waals surface area contributed by atoms with Gasteiger partial charge >= 0.3 is 0 Å². The second-order valence-electron chi connectivity index (χ2n) is 5.67. The molecule has 0 aliphatic carbocycles. The fraction of sp³-hybridized carbons (Fsp3) is 0.111. The summed E-state index contributed by atoms with van der Waals surface area (Å²) in [4.78, 5) is 23.4. The molecule has 0 saturated heterocycles. The van der Waals surface area contributed by atoms with E-state index in [1.165, 1.54) is 6.92 Å². The number of ketones is 1. The highest BCUT2D eigenvalue weighted by Crippen LogP contribution is 2.37. The summed E-state index contributed by atoms with van der Waals surface area (Å²) in [5.74, 6) is 1.23. The fourth-order valence-corrected chi connectivity index (χ4v) is 2.58. The average Bonchev–Trinajstić information content (AvgIpc) is 3.26. The lowest BCUT2D eigenvalue weighted by atomic mass is 10.1. The molecule has 2 heterocycles. The van der Waals surface area contributed by atoms with Gasteiger partial charge in [-0.15, -0.1) is 5.11 Å². The van der Waals surface area contributed by atoms with Crippen LogP contribution in [-0.2, 0) is 0 Å². The van der Waals surface area contributed by atoms with Gasteiger partial charge in [-0.25, -0.2) is 0 Å². The third-order valence-corrected chi connectivity index (χ3v) is 3.95. The van der Waals surface area contributed by atoms with Gasteiger partial charge in [-0.1, -0.05) is 0 Å². The van der Waals surface area contributed by atoms with Crippen molar-refractivity contribution in [2.75, 3.05) is 6.79 Å². The number of ether oxygens (including phenoxy) is 2. The van der Waals surface area contributed by atoms with E-state index in [1.807, 2.05) is 0 Å². The second-order valence-corrected chi connectivity index (χ2v) is 5.67. The highest BCUT2D eigenvalue weighted by atomic mass is 16.7. The molecule has 3 aromatic rings. The van der Waals surface area contributed by atoms with Crippen molar-refractivity contribution in [3.8, 4) is 22.8 Å². The highest BCUT2D eigenvalue weighted by Gasteiger charge is 2.17. The topological polar surface area (TPSA) is 109 Å². The Balaban J connectivity index is 1.66. The van der Waals surface area contributed by atoms with Crippen molar-refractivity contribution in [1.29, 1.82) is 0 Å². The normalized spacial score (nSPS) is 12.7. The van der Waals surface area contributed by atoms with Crippen LogP contribution in [0.3, 0.4) is 0 Å². The van der Waals surface area contributed by atoms with Gasteiger partial charge < -0.3 is 9.47 Å². The molecule has 0 radical (unpaired) electrons. The van der Waals surface area contributed by atoms with Gasteiger partial charge in [0, 0.05) is 11.1 Å². The Morgan fingerprint density at radius 2 is 1.77 bits per heavy atom. The molecule has 8 heteroatoms. The summed E-state index contributed by atoms with van der Waals surface area (Å²) >= 11 is 0. The van der Waals surface area contributed by atoms with Crippen LogP contribution >= 0.6 is 0 Å². The number of aromatic amines is 2. The molecule has 1 aliphatic rings. The van der Waals surface area contributed by atoms with E-state index in [2.05, 4.69) is 20.4 Å². The van der Waals surface area contributed by atoms with Crippen LogP contribution < -0.4 is 15.0 Å². The van der Waals surface area contributed by atoms with E-state index >= 15 is 0 Å². The Hall–Kier alpha value is -3.68. The van der Waals surface area contributed by atoms with Gasteiger partial charge in [0.2, 0.25) is 6.79 Å². The van der Waals surface area contributed by atoms with E-state index < -0.39 is 0 Å². The van der Waals surface area contributed by atoms with E-state index in [-0.39, 0.29) is 23.8 Å². The van der Waals surface area contributed by atoms with Crippen molar-refractivity contribution in [2.24, 2.45) is 10.2 Å². The monoisotopic (exact) mass is 350 g/mol. The molecule has 8 nitrogen and oxygen atoms in total. The molecule has 4 rings (SSSR count). The number of carbonyl (C=O) groups is 1. The summed E-state index contributed by atoms with van der Waals surface area (Å²) in [7, 11) is 0. The number of rotatable bonds is 4. The lowest BCUT2D eigenvalue weighted by Crippen LogP contribution is -1.96. The number of nitrogens with zero attached hydrogens (tertiary/aromatic N) is 2. The predicted octanol–water partition coefficient (Wildman–Crippen LogP) is 3.72. The smallest absolute Gasteiger partial charge is 0.292 e. The van der Waals surface area contributed by atoms with Gasteiger partial charge in [-0.05, 0) is 49.4 Å². The lowest BCUT2D eigenvalue weighted by molar-refractivity contribution is 0.101. The van der Waals surface area contributed by atoms with Gasteiger partial charge in [0.25, 0.3) is 5.56 Å². The Morgan fingerprint density at radius 1 is 1.00 bits per heavy atom. The number of hydrogen-bond acceptors (Lipinski definition) is 6. The molecular weight excluding hydrogens is 336 g/mol. The molecule has 2 N–H and O–H groups in total. The zero-order valence-corrected chi connectivity index (χ0v) is 13.8. The van der Waals surface area contributed by atoms with E-state index in [4.69, 9.17) is 9.47 Å². The zero-order valence-electron chi connectivity index (χ0n) is 13.8.